The van der Waals surface area contributed by atoms with E-state index in [9.17, 15) is 22.8 Å². The fourth-order valence-electron chi connectivity index (χ4n) is 3.85. The molecule has 1 heterocycles. The van der Waals surface area contributed by atoms with E-state index in [2.05, 4.69) is 10.6 Å². The van der Waals surface area contributed by atoms with Crippen molar-refractivity contribution in [3.05, 3.63) is 76.5 Å². The molecule has 0 saturated heterocycles. The van der Waals surface area contributed by atoms with Crippen LogP contribution < -0.4 is 10.6 Å². The van der Waals surface area contributed by atoms with Gasteiger partial charge in [-0.1, -0.05) is 24.3 Å². The minimum Gasteiger partial charge on any atom is -0.326 e. The second-order valence-electron chi connectivity index (χ2n) is 7.71. The van der Waals surface area contributed by atoms with Gasteiger partial charge < -0.3 is 10.6 Å². The summed E-state index contributed by atoms with van der Waals surface area (Å²) in [5.74, 6) is -0.737. The summed E-state index contributed by atoms with van der Waals surface area (Å²) in [6.07, 6.45) is -3.06. The summed E-state index contributed by atoms with van der Waals surface area (Å²) in [7, 11) is 0. The lowest BCUT2D eigenvalue weighted by Gasteiger charge is -2.36. The summed E-state index contributed by atoms with van der Waals surface area (Å²) in [5.41, 5.74) is 0.174. The number of carbonyl (C=O) groups is 2. The van der Waals surface area contributed by atoms with Gasteiger partial charge in [0.2, 0.25) is 0 Å². The molecule has 1 aliphatic heterocycles. The van der Waals surface area contributed by atoms with Gasteiger partial charge in [0, 0.05) is 11.7 Å². The third-order valence-electron chi connectivity index (χ3n) is 5.54. The first-order valence-corrected chi connectivity index (χ1v) is 9.99. The molecule has 1 unspecified atom stereocenters. The molecule has 9 heteroatoms. The summed E-state index contributed by atoms with van der Waals surface area (Å²) in [5, 5.41) is 14.2. The molecule has 1 fully saturated rings. The second kappa shape index (κ2) is 8.04. The van der Waals surface area contributed by atoms with E-state index in [-0.39, 0.29) is 23.3 Å². The Morgan fingerprint density at radius 2 is 1.81 bits per heavy atom. The van der Waals surface area contributed by atoms with Gasteiger partial charge in [0.05, 0.1) is 34.5 Å². The van der Waals surface area contributed by atoms with Crippen molar-refractivity contribution in [1.29, 1.82) is 5.26 Å². The average molecular weight is 440 g/mol. The van der Waals surface area contributed by atoms with Gasteiger partial charge in [0.1, 0.15) is 0 Å². The molecule has 0 aromatic heterocycles. The number of hydrogen-bond acceptors (Lipinski definition) is 3. The standard InChI is InChI=1S/C23H19F3N4O2/c1-13-19(21(31)28-18-5-3-2-4-17(18)23(24,25)26)20(15-8-6-14(12-27)7-9-15)29-22(32)30(13)16-10-11-16/h2-9,16,20H,10-11H2,1H3,(H,28,31)(H,29,32). The molecule has 3 amide bonds. The predicted octanol–water partition coefficient (Wildman–Crippen LogP) is 4.72. The fraction of sp³-hybridized carbons (Fsp3) is 0.261. The number of anilines is 1. The van der Waals surface area contributed by atoms with Gasteiger partial charge in [-0.15, -0.1) is 0 Å². The van der Waals surface area contributed by atoms with Crippen LogP contribution in [0.4, 0.5) is 23.7 Å². The Kier molecular flexibility index (Phi) is 5.38. The Morgan fingerprint density at radius 3 is 2.41 bits per heavy atom. The van der Waals surface area contributed by atoms with Crippen molar-refractivity contribution in [2.45, 2.75) is 38.0 Å². The Morgan fingerprint density at radius 1 is 1.16 bits per heavy atom. The van der Waals surface area contributed by atoms with Crippen LogP contribution in [0.1, 0.15) is 42.5 Å². The van der Waals surface area contributed by atoms with E-state index < -0.39 is 23.7 Å². The van der Waals surface area contributed by atoms with Crippen molar-refractivity contribution >= 4 is 17.6 Å². The molecule has 4 rings (SSSR count). The zero-order chi connectivity index (χ0) is 23.0. The van der Waals surface area contributed by atoms with Crippen LogP contribution in [0.5, 0.6) is 0 Å². The van der Waals surface area contributed by atoms with E-state index in [1.807, 2.05) is 6.07 Å². The highest BCUT2D eigenvalue weighted by Crippen LogP contribution is 2.39. The molecule has 1 saturated carbocycles. The molecule has 0 bridgehead atoms. The minimum absolute atomic E-state index is 0.0397. The van der Waals surface area contributed by atoms with E-state index in [1.165, 1.54) is 23.1 Å². The number of nitrogens with zero attached hydrogens (tertiary/aromatic N) is 2. The van der Waals surface area contributed by atoms with Crippen molar-refractivity contribution in [3.8, 4) is 6.07 Å². The smallest absolute Gasteiger partial charge is 0.326 e. The van der Waals surface area contributed by atoms with Gasteiger partial charge in [-0.25, -0.2) is 4.79 Å². The lowest BCUT2D eigenvalue weighted by Crippen LogP contribution is -2.49. The van der Waals surface area contributed by atoms with Crippen LogP contribution in [0, 0.1) is 11.3 Å². The average Bonchev–Trinajstić information content (AvgIpc) is 3.58. The number of urea groups is 1. The van der Waals surface area contributed by atoms with Crippen LogP contribution >= 0.6 is 0 Å². The number of nitriles is 1. The monoisotopic (exact) mass is 440 g/mol. The molecule has 2 aromatic rings. The third kappa shape index (κ3) is 4.04. The molecule has 2 N–H and O–H groups in total. The highest BCUT2D eigenvalue weighted by molar-refractivity contribution is 6.07. The maximum Gasteiger partial charge on any atom is 0.418 e. The summed E-state index contributed by atoms with van der Waals surface area (Å²) in [6, 6.07) is 11.8. The maximum atomic E-state index is 13.4. The molecular formula is C23H19F3N4O2. The number of carbonyl (C=O) groups excluding carboxylic acids is 2. The van der Waals surface area contributed by atoms with Crippen molar-refractivity contribution in [3.63, 3.8) is 0 Å². The number of para-hydroxylation sites is 1. The molecule has 0 spiro atoms. The zero-order valence-corrected chi connectivity index (χ0v) is 17.0. The Hall–Kier alpha value is -3.80. The number of benzene rings is 2. The maximum absolute atomic E-state index is 13.4. The van der Waals surface area contributed by atoms with Crippen LogP contribution in [-0.4, -0.2) is 22.9 Å². The molecule has 2 aliphatic rings. The third-order valence-corrected chi connectivity index (χ3v) is 5.54. The largest absolute Gasteiger partial charge is 0.418 e. The quantitative estimate of drug-likeness (QED) is 0.722. The predicted molar refractivity (Wildman–Crippen MR) is 110 cm³/mol. The lowest BCUT2D eigenvalue weighted by molar-refractivity contribution is -0.137. The van der Waals surface area contributed by atoms with Gasteiger partial charge in [-0.2, -0.15) is 18.4 Å². The van der Waals surface area contributed by atoms with E-state index in [0.717, 1.165) is 18.9 Å². The van der Waals surface area contributed by atoms with E-state index in [1.54, 1.807) is 31.2 Å². The number of allylic oxidation sites excluding steroid dienone is 1. The minimum atomic E-state index is -4.64. The molecule has 164 valence electrons. The number of halogens is 3. The van der Waals surface area contributed by atoms with Gasteiger partial charge >= 0.3 is 12.2 Å². The first-order valence-electron chi connectivity index (χ1n) is 9.99. The van der Waals surface area contributed by atoms with Crippen LogP contribution in [0.2, 0.25) is 0 Å². The normalized spacial score (nSPS) is 18.8. The number of amides is 3. The Bertz CT molecular complexity index is 1150. The fourth-order valence-corrected chi connectivity index (χ4v) is 3.85. The molecular weight excluding hydrogens is 421 g/mol. The zero-order valence-electron chi connectivity index (χ0n) is 17.0. The molecule has 1 atom stereocenters. The van der Waals surface area contributed by atoms with Crippen LogP contribution in [0.15, 0.2) is 59.8 Å². The topological polar surface area (TPSA) is 85.2 Å². The second-order valence-corrected chi connectivity index (χ2v) is 7.71. The Labute approximate surface area is 182 Å². The van der Waals surface area contributed by atoms with E-state index in [4.69, 9.17) is 5.26 Å². The number of hydrogen-bond donors (Lipinski definition) is 2. The SMILES string of the molecule is CC1=C(C(=O)Nc2ccccc2C(F)(F)F)C(c2ccc(C#N)cc2)NC(=O)N1C1CC1. The molecule has 0 radical (unpaired) electrons. The Balaban J connectivity index is 1.75. The molecule has 1 aliphatic carbocycles. The molecule has 32 heavy (non-hydrogen) atoms. The van der Waals surface area contributed by atoms with Gasteiger partial charge in [0.15, 0.2) is 0 Å². The van der Waals surface area contributed by atoms with Crippen LogP contribution in [0.3, 0.4) is 0 Å². The van der Waals surface area contributed by atoms with Crippen molar-refractivity contribution in [1.82, 2.24) is 10.2 Å². The van der Waals surface area contributed by atoms with Crippen molar-refractivity contribution < 1.29 is 22.8 Å². The number of rotatable bonds is 4. The van der Waals surface area contributed by atoms with E-state index >= 15 is 0 Å². The van der Waals surface area contributed by atoms with Crippen molar-refractivity contribution in [2.24, 2.45) is 0 Å². The summed E-state index contributed by atoms with van der Waals surface area (Å²) < 4.78 is 40.2. The van der Waals surface area contributed by atoms with Gasteiger partial charge in [-0.05, 0) is 49.6 Å². The number of alkyl halides is 3. The van der Waals surface area contributed by atoms with Gasteiger partial charge in [0.25, 0.3) is 5.91 Å². The molecule has 2 aromatic carbocycles. The summed E-state index contributed by atoms with van der Waals surface area (Å²) in [6.45, 7) is 1.62. The first-order chi connectivity index (χ1) is 15.2. The van der Waals surface area contributed by atoms with Crippen molar-refractivity contribution in [2.75, 3.05) is 5.32 Å². The van der Waals surface area contributed by atoms with E-state index in [0.29, 0.717) is 16.8 Å². The van der Waals surface area contributed by atoms with Crippen LogP contribution in [0.25, 0.3) is 0 Å². The summed E-state index contributed by atoms with van der Waals surface area (Å²) >= 11 is 0. The number of nitrogens with one attached hydrogen (secondary N) is 2. The summed E-state index contributed by atoms with van der Waals surface area (Å²) in [4.78, 5) is 27.5. The van der Waals surface area contributed by atoms with Crippen LogP contribution in [-0.2, 0) is 11.0 Å². The highest BCUT2D eigenvalue weighted by atomic mass is 19.4. The first kappa shape index (κ1) is 21.4. The van der Waals surface area contributed by atoms with Gasteiger partial charge in [-0.3, -0.25) is 9.69 Å². The molecule has 6 nitrogen and oxygen atoms in total. The lowest BCUT2D eigenvalue weighted by atomic mass is 9.93. The highest BCUT2D eigenvalue weighted by Gasteiger charge is 2.42.